The van der Waals surface area contributed by atoms with Crippen molar-refractivity contribution in [1.82, 2.24) is 20.3 Å². The van der Waals surface area contributed by atoms with Crippen molar-refractivity contribution in [3.63, 3.8) is 0 Å². The number of rotatable bonds is 3. The van der Waals surface area contributed by atoms with Crippen LogP contribution in [-0.2, 0) is 12.8 Å². The molecule has 1 amide bonds. The molecule has 3 heterocycles. The fraction of sp³-hybridized carbons (Fsp3) is 0.350. The molecule has 0 unspecified atom stereocenters. The van der Waals surface area contributed by atoms with Gasteiger partial charge in [0.1, 0.15) is 5.69 Å². The number of hydrogen-bond acceptors (Lipinski definition) is 4. The van der Waals surface area contributed by atoms with Gasteiger partial charge in [0.25, 0.3) is 5.91 Å². The Labute approximate surface area is 151 Å². The van der Waals surface area contributed by atoms with E-state index in [0.29, 0.717) is 30.5 Å². The molecule has 1 N–H and O–H groups in total. The number of hydrogen-bond donors (Lipinski definition) is 1. The Morgan fingerprint density at radius 1 is 1.15 bits per heavy atom. The molecule has 3 aromatic rings. The van der Waals surface area contributed by atoms with Crippen molar-refractivity contribution in [3.8, 4) is 11.3 Å². The molecular formula is C20H20N4O2. The number of nitrogens with one attached hydrogen (secondary N) is 1. The van der Waals surface area contributed by atoms with Crippen LogP contribution in [-0.4, -0.2) is 39.3 Å². The van der Waals surface area contributed by atoms with E-state index in [1.807, 2.05) is 35.2 Å². The minimum atomic E-state index is -0.0919. The fourth-order valence-corrected chi connectivity index (χ4v) is 3.68. The second-order valence-electron chi connectivity index (χ2n) is 7.07. The smallest absolute Gasteiger partial charge is 0.292 e. The van der Waals surface area contributed by atoms with Crippen LogP contribution in [0.4, 0.5) is 0 Å². The van der Waals surface area contributed by atoms with Gasteiger partial charge in [-0.3, -0.25) is 9.89 Å². The molecule has 2 aromatic heterocycles. The predicted octanol–water partition coefficient (Wildman–Crippen LogP) is 3.18. The van der Waals surface area contributed by atoms with Crippen LogP contribution in [0.15, 0.2) is 40.9 Å². The zero-order valence-corrected chi connectivity index (χ0v) is 14.4. The number of carbonyl (C=O) groups is 1. The van der Waals surface area contributed by atoms with E-state index in [-0.39, 0.29) is 5.91 Å². The Hall–Kier alpha value is -2.89. The number of benzene rings is 1. The van der Waals surface area contributed by atoms with Crippen molar-refractivity contribution in [3.05, 3.63) is 59.1 Å². The molecular weight excluding hydrogens is 328 g/mol. The molecule has 26 heavy (non-hydrogen) atoms. The van der Waals surface area contributed by atoms with E-state index in [9.17, 15) is 4.79 Å². The molecule has 132 valence electrons. The Balaban J connectivity index is 1.33. The Kier molecular flexibility index (Phi) is 3.62. The van der Waals surface area contributed by atoms with Crippen LogP contribution in [0, 0.1) is 0 Å². The third-order valence-corrected chi connectivity index (χ3v) is 5.29. The highest BCUT2D eigenvalue weighted by Gasteiger charge is 2.32. The maximum atomic E-state index is 12.9. The molecule has 6 heteroatoms. The van der Waals surface area contributed by atoms with Crippen LogP contribution in [0.1, 0.15) is 46.3 Å². The first-order valence-electron chi connectivity index (χ1n) is 9.17. The predicted molar refractivity (Wildman–Crippen MR) is 95.8 cm³/mol. The van der Waals surface area contributed by atoms with Crippen molar-refractivity contribution >= 4 is 5.91 Å². The lowest BCUT2D eigenvalue weighted by Gasteiger charge is -2.18. The summed E-state index contributed by atoms with van der Waals surface area (Å²) in [6.07, 6.45) is 4.13. The lowest BCUT2D eigenvalue weighted by Crippen LogP contribution is -2.33. The molecule has 5 rings (SSSR count). The molecule has 1 aliphatic carbocycles. The highest BCUT2D eigenvalue weighted by Crippen LogP contribution is 2.41. The van der Waals surface area contributed by atoms with Gasteiger partial charge in [-0.25, -0.2) is 0 Å². The molecule has 1 aliphatic heterocycles. The summed E-state index contributed by atoms with van der Waals surface area (Å²) in [4.78, 5) is 14.7. The van der Waals surface area contributed by atoms with E-state index in [4.69, 9.17) is 4.52 Å². The SMILES string of the molecule is O=C(c1cc(-c2ccccc2)no1)N1CCc2[nH]nc(C3CC3)c2CC1. The van der Waals surface area contributed by atoms with Crippen molar-refractivity contribution in [2.45, 2.75) is 31.6 Å². The molecule has 2 aliphatic rings. The summed E-state index contributed by atoms with van der Waals surface area (Å²) < 4.78 is 5.34. The Bertz CT molecular complexity index is 940. The Morgan fingerprint density at radius 3 is 2.77 bits per heavy atom. The van der Waals surface area contributed by atoms with Crippen molar-refractivity contribution < 1.29 is 9.32 Å². The van der Waals surface area contributed by atoms with Gasteiger partial charge in [-0.1, -0.05) is 35.5 Å². The first-order chi connectivity index (χ1) is 12.8. The van der Waals surface area contributed by atoms with E-state index >= 15 is 0 Å². The molecule has 1 fully saturated rings. The van der Waals surface area contributed by atoms with Crippen LogP contribution < -0.4 is 0 Å². The summed E-state index contributed by atoms with van der Waals surface area (Å²) in [6.45, 7) is 1.35. The fourth-order valence-electron chi connectivity index (χ4n) is 3.68. The molecule has 1 aromatic carbocycles. The van der Waals surface area contributed by atoms with Crippen molar-refractivity contribution in [1.29, 1.82) is 0 Å². The summed E-state index contributed by atoms with van der Waals surface area (Å²) in [7, 11) is 0. The van der Waals surface area contributed by atoms with Gasteiger partial charge in [0, 0.05) is 42.8 Å². The first kappa shape index (κ1) is 15.4. The third-order valence-electron chi connectivity index (χ3n) is 5.29. The summed E-state index contributed by atoms with van der Waals surface area (Å²) in [5.74, 6) is 0.834. The average Bonchev–Trinajstić information content (AvgIpc) is 3.33. The summed E-state index contributed by atoms with van der Waals surface area (Å²) in [5.41, 5.74) is 5.37. The van der Waals surface area contributed by atoms with E-state index in [0.717, 1.165) is 18.4 Å². The molecule has 0 radical (unpaired) electrons. The molecule has 0 atom stereocenters. The number of fused-ring (bicyclic) bond motifs is 1. The van der Waals surface area contributed by atoms with E-state index in [1.165, 1.54) is 29.8 Å². The van der Waals surface area contributed by atoms with Crippen molar-refractivity contribution in [2.75, 3.05) is 13.1 Å². The summed E-state index contributed by atoms with van der Waals surface area (Å²) in [6, 6.07) is 11.5. The van der Waals surface area contributed by atoms with Crippen LogP contribution in [0.5, 0.6) is 0 Å². The van der Waals surface area contributed by atoms with Crippen LogP contribution in [0.2, 0.25) is 0 Å². The minimum absolute atomic E-state index is 0.0919. The van der Waals surface area contributed by atoms with Crippen LogP contribution >= 0.6 is 0 Å². The number of amides is 1. The quantitative estimate of drug-likeness (QED) is 0.789. The lowest BCUT2D eigenvalue weighted by atomic mass is 10.1. The van der Waals surface area contributed by atoms with E-state index in [2.05, 4.69) is 15.4 Å². The molecule has 6 nitrogen and oxygen atoms in total. The molecule has 0 spiro atoms. The second kappa shape index (κ2) is 6.12. The van der Waals surface area contributed by atoms with Gasteiger partial charge in [-0.15, -0.1) is 0 Å². The molecule has 0 saturated heterocycles. The maximum Gasteiger partial charge on any atom is 0.292 e. The average molecular weight is 348 g/mol. The summed E-state index contributed by atoms with van der Waals surface area (Å²) in [5, 5.41) is 11.8. The van der Waals surface area contributed by atoms with E-state index < -0.39 is 0 Å². The largest absolute Gasteiger partial charge is 0.350 e. The number of H-pyrrole nitrogens is 1. The van der Waals surface area contributed by atoms with Crippen LogP contribution in [0.3, 0.4) is 0 Å². The third kappa shape index (κ3) is 2.71. The summed E-state index contributed by atoms with van der Waals surface area (Å²) >= 11 is 0. The zero-order chi connectivity index (χ0) is 17.5. The number of aromatic amines is 1. The van der Waals surface area contributed by atoms with Gasteiger partial charge >= 0.3 is 0 Å². The normalized spacial score (nSPS) is 17.0. The monoisotopic (exact) mass is 348 g/mol. The maximum absolute atomic E-state index is 12.9. The van der Waals surface area contributed by atoms with Gasteiger partial charge in [0.15, 0.2) is 0 Å². The first-order valence-corrected chi connectivity index (χ1v) is 9.17. The van der Waals surface area contributed by atoms with Gasteiger partial charge in [-0.05, 0) is 24.8 Å². The molecule has 0 bridgehead atoms. The zero-order valence-electron chi connectivity index (χ0n) is 14.4. The number of aromatic nitrogens is 3. The van der Waals surface area contributed by atoms with Gasteiger partial charge in [0.05, 0.1) is 5.69 Å². The second-order valence-corrected chi connectivity index (χ2v) is 7.07. The minimum Gasteiger partial charge on any atom is -0.350 e. The standard InChI is InChI=1S/C20H20N4O2/c25-20(18-12-17(23-26-18)13-4-2-1-3-5-13)24-10-8-15-16(9-11-24)21-22-19(15)14-6-7-14/h1-5,12,14H,6-11H2,(H,21,22). The van der Waals surface area contributed by atoms with Gasteiger partial charge in [-0.2, -0.15) is 5.10 Å². The topological polar surface area (TPSA) is 75.0 Å². The number of nitrogens with zero attached hydrogens (tertiary/aromatic N) is 3. The highest BCUT2D eigenvalue weighted by atomic mass is 16.5. The number of carbonyl (C=O) groups excluding carboxylic acids is 1. The lowest BCUT2D eigenvalue weighted by molar-refractivity contribution is 0.0721. The Morgan fingerprint density at radius 2 is 1.96 bits per heavy atom. The van der Waals surface area contributed by atoms with E-state index in [1.54, 1.807) is 6.07 Å². The van der Waals surface area contributed by atoms with Crippen molar-refractivity contribution in [2.24, 2.45) is 0 Å². The highest BCUT2D eigenvalue weighted by molar-refractivity contribution is 5.92. The van der Waals surface area contributed by atoms with Crippen LogP contribution in [0.25, 0.3) is 11.3 Å². The van der Waals surface area contributed by atoms with Gasteiger partial charge in [0.2, 0.25) is 5.76 Å². The van der Waals surface area contributed by atoms with Gasteiger partial charge < -0.3 is 9.42 Å². The molecule has 1 saturated carbocycles.